The highest BCUT2D eigenvalue weighted by molar-refractivity contribution is 5.25. The van der Waals surface area contributed by atoms with E-state index in [1.165, 1.54) is 31.2 Å². The van der Waals surface area contributed by atoms with Gasteiger partial charge in [-0.2, -0.15) is 0 Å². The van der Waals surface area contributed by atoms with E-state index in [1.807, 2.05) is 7.05 Å². The summed E-state index contributed by atoms with van der Waals surface area (Å²) in [4.78, 5) is 9.50. The molecule has 1 aromatic heterocycles. The van der Waals surface area contributed by atoms with E-state index in [9.17, 15) is 0 Å². The predicted molar refractivity (Wildman–Crippen MR) is 74.6 cm³/mol. The molecule has 1 aliphatic carbocycles. The summed E-state index contributed by atoms with van der Waals surface area (Å²) in [5.41, 5.74) is 3.54. The third-order valence-corrected chi connectivity index (χ3v) is 4.17. The molecule has 3 heteroatoms. The lowest BCUT2D eigenvalue weighted by atomic mass is 9.82. The van der Waals surface area contributed by atoms with E-state index in [-0.39, 0.29) is 0 Å². The molecule has 0 radical (unpaired) electrons. The van der Waals surface area contributed by atoms with Crippen LogP contribution >= 0.6 is 0 Å². The first kappa shape index (κ1) is 13.5. The highest BCUT2D eigenvalue weighted by atomic mass is 14.9. The van der Waals surface area contributed by atoms with Gasteiger partial charge >= 0.3 is 0 Å². The Labute approximate surface area is 110 Å². The number of aryl methyl sites for hydroxylation is 2. The Morgan fingerprint density at radius 1 is 1.06 bits per heavy atom. The fourth-order valence-corrected chi connectivity index (χ4v) is 2.90. The van der Waals surface area contributed by atoms with Crippen molar-refractivity contribution in [1.29, 1.82) is 0 Å². The standard InChI is InChI=1S/C15H25N3/c1-10-5-7-13(8-6-10)15-17-11(2)14(9-16-4)12(3)18-15/h10,13,16H,5-9H2,1-4H3. The molecule has 0 amide bonds. The van der Waals surface area contributed by atoms with Crippen LogP contribution in [0.5, 0.6) is 0 Å². The van der Waals surface area contributed by atoms with Gasteiger partial charge in [-0.25, -0.2) is 9.97 Å². The lowest BCUT2D eigenvalue weighted by Gasteiger charge is -2.25. The second kappa shape index (κ2) is 5.79. The summed E-state index contributed by atoms with van der Waals surface area (Å²) in [5.74, 6) is 2.55. The minimum Gasteiger partial charge on any atom is -0.316 e. The quantitative estimate of drug-likeness (QED) is 0.892. The molecule has 0 atom stereocenters. The van der Waals surface area contributed by atoms with Gasteiger partial charge in [0.2, 0.25) is 0 Å². The van der Waals surface area contributed by atoms with Crippen molar-refractivity contribution in [2.45, 2.75) is 58.9 Å². The van der Waals surface area contributed by atoms with E-state index < -0.39 is 0 Å². The Morgan fingerprint density at radius 3 is 2.11 bits per heavy atom. The molecule has 100 valence electrons. The van der Waals surface area contributed by atoms with Crippen molar-refractivity contribution in [2.75, 3.05) is 7.05 Å². The summed E-state index contributed by atoms with van der Waals surface area (Å²) in [6.45, 7) is 7.43. The lowest BCUT2D eigenvalue weighted by molar-refractivity contribution is 0.339. The zero-order valence-electron chi connectivity index (χ0n) is 12.1. The van der Waals surface area contributed by atoms with Gasteiger partial charge in [-0.15, -0.1) is 0 Å². The van der Waals surface area contributed by atoms with Gasteiger partial charge in [0.15, 0.2) is 0 Å². The van der Waals surface area contributed by atoms with Crippen molar-refractivity contribution in [3.8, 4) is 0 Å². The molecule has 3 nitrogen and oxygen atoms in total. The Morgan fingerprint density at radius 2 is 1.61 bits per heavy atom. The van der Waals surface area contributed by atoms with Crippen molar-refractivity contribution in [1.82, 2.24) is 15.3 Å². The van der Waals surface area contributed by atoms with Crippen molar-refractivity contribution >= 4 is 0 Å². The van der Waals surface area contributed by atoms with Gasteiger partial charge in [0.1, 0.15) is 5.82 Å². The monoisotopic (exact) mass is 247 g/mol. The maximum absolute atomic E-state index is 4.75. The van der Waals surface area contributed by atoms with E-state index >= 15 is 0 Å². The first-order chi connectivity index (χ1) is 8.61. The van der Waals surface area contributed by atoms with Crippen LogP contribution in [0, 0.1) is 19.8 Å². The zero-order chi connectivity index (χ0) is 13.1. The number of hydrogen-bond acceptors (Lipinski definition) is 3. The van der Waals surface area contributed by atoms with Crippen molar-refractivity contribution in [2.24, 2.45) is 5.92 Å². The Kier molecular flexibility index (Phi) is 4.33. The van der Waals surface area contributed by atoms with E-state index in [0.717, 1.165) is 29.7 Å². The van der Waals surface area contributed by atoms with Crippen LogP contribution in [0.15, 0.2) is 0 Å². The van der Waals surface area contributed by atoms with Gasteiger partial charge in [0, 0.05) is 29.4 Å². The second-order valence-corrected chi connectivity index (χ2v) is 5.72. The van der Waals surface area contributed by atoms with Crippen molar-refractivity contribution < 1.29 is 0 Å². The molecule has 0 spiro atoms. The Hall–Kier alpha value is -0.960. The summed E-state index contributed by atoms with van der Waals surface area (Å²) in [7, 11) is 1.97. The average Bonchev–Trinajstić information content (AvgIpc) is 2.34. The van der Waals surface area contributed by atoms with Crippen molar-refractivity contribution in [3.05, 3.63) is 22.8 Å². The summed E-state index contributed by atoms with van der Waals surface area (Å²) in [6, 6.07) is 0. The van der Waals surface area contributed by atoms with Crippen LogP contribution in [0.3, 0.4) is 0 Å². The molecule has 1 aromatic rings. The molecule has 1 fully saturated rings. The number of aromatic nitrogens is 2. The van der Waals surface area contributed by atoms with Crippen LogP contribution in [0.4, 0.5) is 0 Å². The maximum atomic E-state index is 4.75. The summed E-state index contributed by atoms with van der Waals surface area (Å²) < 4.78 is 0. The third-order valence-electron chi connectivity index (χ3n) is 4.17. The normalized spacial score (nSPS) is 24.2. The molecule has 18 heavy (non-hydrogen) atoms. The molecule has 0 unspecified atom stereocenters. The summed E-state index contributed by atoms with van der Waals surface area (Å²) >= 11 is 0. The minimum atomic E-state index is 0.585. The SMILES string of the molecule is CNCc1c(C)nc(C2CCC(C)CC2)nc1C. The molecule has 1 saturated carbocycles. The van der Waals surface area contributed by atoms with Crippen LogP contribution in [0.1, 0.15) is 61.3 Å². The van der Waals surface area contributed by atoms with Crippen LogP contribution in [0.2, 0.25) is 0 Å². The number of nitrogens with zero attached hydrogens (tertiary/aromatic N) is 2. The van der Waals surface area contributed by atoms with Crippen LogP contribution in [-0.4, -0.2) is 17.0 Å². The predicted octanol–water partition coefficient (Wildman–Crippen LogP) is 3.11. The van der Waals surface area contributed by atoms with E-state index in [1.54, 1.807) is 0 Å². The highest BCUT2D eigenvalue weighted by Gasteiger charge is 2.22. The fourth-order valence-electron chi connectivity index (χ4n) is 2.90. The van der Waals surface area contributed by atoms with Crippen LogP contribution < -0.4 is 5.32 Å². The second-order valence-electron chi connectivity index (χ2n) is 5.72. The molecule has 0 aliphatic heterocycles. The topological polar surface area (TPSA) is 37.8 Å². The molecule has 1 heterocycles. The molecule has 0 bridgehead atoms. The van der Waals surface area contributed by atoms with Gasteiger partial charge in [-0.05, 0) is 39.7 Å². The third kappa shape index (κ3) is 2.89. The van der Waals surface area contributed by atoms with E-state index in [4.69, 9.17) is 9.97 Å². The molecule has 0 saturated heterocycles. The smallest absolute Gasteiger partial charge is 0.131 e. The molecule has 1 N–H and O–H groups in total. The average molecular weight is 247 g/mol. The largest absolute Gasteiger partial charge is 0.316 e. The molecule has 0 aromatic carbocycles. The Bertz CT molecular complexity index is 383. The van der Waals surface area contributed by atoms with Gasteiger partial charge < -0.3 is 5.32 Å². The number of hydrogen-bond donors (Lipinski definition) is 1. The van der Waals surface area contributed by atoms with Gasteiger partial charge in [-0.1, -0.05) is 19.8 Å². The first-order valence-electron chi connectivity index (χ1n) is 7.10. The van der Waals surface area contributed by atoms with Gasteiger partial charge in [0.05, 0.1) is 0 Å². The van der Waals surface area contributed by atoms with Gasteiger partial charge in [-0.3, -0.25) is 0 Å². The number of nitrogens with one attached hydrogen (secondary N) is 1. The zero-order valence-corrected chi connectivity index (χ0v) is 12.1. The molecular formula is C15H25N3. The van der Waals surface area contributed by atoms with Gasteiger partial charge in [0.25, 0.3) is 0 Å². The molecular weight excluding hydrogens is 222 g/mol. The van der Waals surface area contributed by atoms with Crippen LogP contribution in [0.25, 0.3) is 0 Å². The minimum absolute atomic E-state index is 0.585. The summed E-state index contributed by atoms with van der Waals surface area (Å²) in [5, 5.41) is 3.19. The fraction of sp³-hybridized carbons (Fsp3) is 0.733. The van der Waals surface area contributed by atoms with E-state index in [0.29, 0.717) is 5.92 Å². The summed E-state index contributed by atoms with van der Waals surface area (Å²) in [6.07, 6.45) is 5.16. The van der Waals surface area contributed by atoms with Crippen LogP contribution in [-0.2, 0) is 6.54 Å². The van der Waals surface area contributed by atoms with E-state index in [2.05, 4.69) is 26.1 Å². The first-order valence-corrected chi connectivity index (χ1v) is 7.10. The molecule has 2 rings (SSSR count). The number of rotatable bonds is 3. The lowest BCUT2D eigenvalue weighted by Crippen LogP contribution is -2.17. The van der Waals surface area contributed by atoms with Crippen molar-refractivity contribution in [3.63, 3.8) is 0 Å². The molecule has 1 aliphatic rings. The highest BCUT2D eigenvalue weighted by Crippen LogP contribution is 2.34. The Balaban J connectivity index is 2.19. The maximum Gasteiger partial charge on any atom is 0.131 e.